The lowest BCUT2D eigenvalue weighted by Gasteiger charge is -2.33. The molecule has 1 aromatic heterocycles. The van der Waals surface area contributed by atoms with E-state index in [1.807, 2.05) is 13.8 Å². The Morgan fingerprint density at radius 3 is 2.22 bits per heavy atom. The van der Waals surface area contributed by atoms with Gasteiger partial charge in [0.15, 0.2) is 0 Å². The molecule has 0 aromatic carbocycles. The van der Waals surface area contributed by atoms with E-state index in [4.69, 9.17) is 0 Å². The van der Waals surface area contributed by atoms with Crippen molar-refractivity contribution in [2.75, 3.05) is 19.6 Å². The van der Waals surface area contributed by atoms with Gasteiger partial charge in [0.2, 0.25) is 0 Å². The topological polar surface area (TPSA) is 38.1 Å². The van der Waals surface area contributed by atoms with Crippen molar-refractivity contribution in [1.82, 2.24) is 14.7 Å². The van der Waals surface area contributed by atoms with Gasteiger partial charge >= 0.3 is 0 Å². The lowest BCUT2D eigenvalue weighted by atomic mass is 9.87. The third kappa shape index (κ3) is 7.77. The van der Waals surface area contributed by atoms with Crippen LogP contribution in [0.5, 0.6) is 0 Å². The Morgan fingerprint density at radius 1 is 1.07 bits per heavy atom. The smallest absolute Gasteiger partial charge is 0.122 e. The van der Waals surface area contributed by atoms with Crippen LogP contribution in [0.1, 0.15) is 96.6 Å². The number of hydrogen-bond donors (Lipinski definition) is 0. The molecule has 0 spiro atoms. The minimum Gasteiger partial charge on any atom is -0.303 e. The van der Waals surface area contributed by atoms with Gasteiger partial charge in [-0.2, -0.15) is 5.10 Å². The van der Waals surface area contributed by atoms with Crippen LogP contribution < -0.4 is 0 Å². The monoisotopic (exact) mass is 375 g/mol. The number of aromatic nitrogens is 2. The summed E-state index contributed by atoms with van der Waals surface area (Å²) in [6.45, 7) is 12.0. The highest BCUT2D eigenvalue weighted by Gasteiger charge is 2.22. The molecule has 0 amide bonds. The van der Waals surface area contributed by atoms with E-state index in [1.165, 1.54) is 76.6 Å². The summed E-state index contributed by atoms with van der Waals surface area (Å²) in [5, 5.41) is 4.60. The first-order chi connectivity index (χ1) is 13.0. The van der Waals surface area contributed by atoms with Gasteiger partial charge in [-0.3, -0.25) is 4.68 Å². The van der Waals surface area contributed by atoms with Gasteiger partial charge in [-0.1, -0.05) is 59.8 Å². The normalized spacial score (nSPS) is 19.9. The van der Waals surface area contributed by atoms with Crippen molar-refractivity contribution in [2.24, 2.45) is 11.8 Å². The summed E-state index contributed by atoms with van der Waals surface area (Å²) in [6.07, 6.45) is 16.6. The molecule has 0 unspecified atom stereocenters. The number of nitrogens with zero attached hydrogens (tertiary/aromatic N) is 3. The van der Waals surface area contributed by atoms with Crippen molar-refractivity contribution < 1.29 is 4.79 Å². The van der Waals surface area contributed by atoms with Crippen LogP contribution in [0.15, 0.2) is 12.4 Å². The highest BCUT2D eigenvalue weighted by atomic mass is 16.1. The molecule has 1 saturated heterocycles. The van der Waals surface area contributed by atoms with E-state index in [-0.39, 0.29) is 5.92 Å². The molecule has 4 nitrogen and oxygen atoms in total. The molecule has 0 atom stereocenters. The highest BCUT2D eigenvalue weighted by molar-refractivity contribution is 5.51. The Morgan fingerprint density at radius 2 is 1.70 bits per heavy atom. The molecule has 4 heteroatoms. The number of hydrogen-bond acceptors (Lipinski definition) is 3. The van der Waals surface area contributed by atoms with Gasteiger partial charge in [0, 0.05) is 25.2 Å². The first-order valence-corrected chi connectivity index (χ1v) is 11.2. The Bertz CT molecular complexity index is 523. The predicted octanol–water partition coefficient (Wildman–Crippen LogP) is 5.46. The van der Waals surface area contributed by atoms with Gasteiger partial charge in [0.05, 0.1) is 12.2 Å². The maximum absolute atomic E-state index is 9.50. The second kappa shape index (κ2) is 11.6. The summed E-state index contributed by atoms with van der Waals surface area (Å²) >= 11 is 0. The fourth-order valence-corrected chi connectivity index (χ4v) is 4.10. The molecule has 154 valence electrons. The van der Waals surface area contributed by atoms with E-state index in [9.17, 15) is 4.79 Å². The SMILES string of the molecule is CC(C)C=O.CC(C)c1cnn(C2CCN(CCC3CCCCC3)CC2)c1. The molecule has 0 bridgehead atoms. The largest absolute Gasteiger partial charge is 0.303 e. The van der Waals surface area contributed by atoms with Crippen molar-refractivity contribution in [3.05, 3.63) is 18.0 Å². The van der Waals surface area contributed by atoms with Gasteiger partial charge < -0.3 is 9.69 Å². The average Bonchev–Trinajstić information content (AvgIpc) is 3.19. The Kier molecular flexibility index (Phi) is 9.53. The van der Waals surface area contributed by atoms with Crippen LogP contribution in [0.3, 0.4) is 0 Å². The summed E-state index contributed by atoms with van der Waals surface area (Å²) in [5.74, 6) is 1.81. The van der Waals surface area contributed by atoms with Crippen molar-refractivity contribution in [3.63, 3.8) is 0 Å². The maximum atomic E-state index is 9.50. The van der Waals surface area contributed by atoms with Crippen LogP contribution in [0.2, 0.25) is 0 Å². The third-order valence-corrected chi connectivity index (χ3v) is 6.07. The summed E-state index contributed by atoms with van der Waals surface area (Å²) in [7, 11) is 0. The zero-order valence-corrected chi connectivity index (χ0v) is 18.1. The Balaban J connectivity index is 0.000000465. The third-order valence-electron chi connectivity index (χ3n) is 6.07. The van der Waals surface area contributed by atoms with Crippen LogP contribution in [-0.4, -0.2) is 40.6 Å². The van der Waals surface area contributed by atoms with Crippen LogP contribution in [-0.2, 0) is 4.79 Å². The van der Waals surface area contributed by atoms with E-state index in [0.717, 1.165) is 12.2 Å². The summed E-state index contributed by atoms with van der Waals surface area (Å²) < 4.78 is 2.23. The molecule has 1 aliphatic carbocycles. The Hall–Kier alpha value is -1.16. The number of aldehydes is 1. The molecule has 1 aliphatic heterocycles. The summed E-state index contributed by atoms with van der Waals surface area (Å²) in [5.41, 5.74) is 1.37. The molecule has 2 fully saturated rings. The fraction of sp³-hybridized carbons (Fsp3) is 0.826. The first-order valence-electron chi connectivity index (χ1n) is 11.2. The van der Waals surface area contributed by atoms with Crippen LogP contribution in [0.25, 0.3) is 0 Å². The minimum atomic E-state index is 0.204. The van der Waals surface area contributed by atoms with Gasteiger partial charge in [-0.05, 0) is 43.2 Å². The second-order valence-corrected chi connectivity index (χ2v) is 9.15. The number of rotatable bonds is 6. The molecule has 1 aromatic rings. The van der Waals surface area contributed by atoms with E-state index >= 15 is 0 Å². The van der Waals surface area contributed by atoms with Crippen LogP contribution in [0, 0.1) is 11.8 Å². The van der Waals surface area contributed by atoms with Gasteiger partial charge in [-0.15, -0.1) is 0 Å². The van der Waals surface area contributed by atoms with Crippen LogP contribution >= 0.6 is 0 Å². The fourth-order valence-electron chi connectivity index (χ4n) is 4.10. The maximum Gasteiger partial charge on any atom is 0.122 e. The van der Waals surface area contributed by atoms with Gasteiger partial charge in [0.25, 0.3) is 0 Å². The molecule has 1 saturated carbocycles. The highest BCUT2D eigenvalue weighted by Crippen LogP contribution is 2.28. The predicted molar refractivity (Wildman–Crippen MR) is 113 cm³/mol. The van der Waals surface area contributed by atoms with Gasteiger partial charge in [0.1, 0.15) is 6.29 Å². The lowest BCUT2D eigenvalue weighted by molar-refractivity contribution is -0.110. The molecule has 2 heterocycles. The molecular weight excluding hydrogens is 334 g/mol. The molecule has 2 aliphatic rings. The number of carbonyl (C=O) groups excluding carboxylic acids is 1. The molecule has 0 radical (unpaired) electrons. The van der Waals surface area contributed by atoms with E-state index < -0.39 is 0 Å². The quantitative estimate of drug-likeness (QED) is 0.620. The first kappa shape index (κ1) is 22.1. The summed E-state index contributed by atoms with van der Waals surface area (Å²) in [4.78, 5) is 12.2. The van der Waals surface area contributed by atoms with Gasteiger partial charge in [-0.25, -0.2) is 0 Å². The molecule has 27 heavy (non-hydrogen) atoms. The van der Waals surface area contributed by atoms with Crippen molar-refractivity contribution in [2.45, 2.75) is 91.0 Å². The van der Waals surface area contributed by atoms with Crippen molar-refractivity contribution in [3.8, 4) is 0 Å². The molecular formula is C23H41N3O. The molecule has 0 N–H and O–H groups in total. The number of piperidine rings is 1. The van der Waals surface area contributed by atoms with E-state index in [2.05, 4.69) is 40.9 Å². The second-order valence-electron chi connectivity index (χ2n) is 9.15. The van der Waals surface area contributed by atoms with E-state index in [1.54, 1.807) is 0 Å². The van der Waals surface area contributed by atoms with Crippen LogP contribution in [0.4, 0.5) is 0 Å². The number of carbonyl (C=O) groups is 1. The standard InChI is InChI=1S/C19H33N3.C4H8O/c1-16(2)18-14-20-22(15-18)19-9-12-21(13-10-19)11-8-17-6-4-3-5-7-17;1-4(2)3-5/h14-17,19H,3-13H2,1-2H3;3-4H,1-2H3. The zero-order valence-electron chi connectivity index (χ0n) is 18.1. The Labute approximate surface area is 166 Å². The summed E-state index contributed by atoms with van der Waals surface area (Å²) in [6, 6.07) is 0.624. The average molecular weight is 376 g/mol. The van der Waals surface area contributed by atoms with E-state index in [0.29, 0.717) is 12.0 Å². The minimum absolute atomic E-state index is 0.204. The zero-order chi connectivity index (χ0) is 19.6. The number of likely N-dealkylation sites (tertiary alicyclic amines) is 1. The lowest BCUT2D eigenvalue weighted by Crippen LogP contribution is -2.36. The van der Waals surface area contributed by atoms with Crippen molar-refractivity contribution >= 4 is 6.29 Å². The van der Waals surface area contributed by atoms with Crippen molar-refractivity contribution in [1.29, 1.82) is 0 Å². The molecule has 3 rings (SSSR count).